The standard InChI is InChI=1S/C18H19Cl4NO4/c1-6(2)3-4-26-23-15(24)7-8(16(23)25)12-10-9(11(7)27-12)17(21)5-18(10,22)14(20)13(17)19/h6-12H,3-5H2,1-2H3/t7-,8+,9-,10-,11+,12-,17+,18+/m1/s1. The van der Waals surface area contributed by atoms with Crippen LogP contribution in [-0.4, -0.2) is 45.4 Å². The van der Waals surface area contributed by atoms with Crippen LogP contribution in [0.25, 0.3) is 0 Å². The van der Waals surface area contributed by atoms with Crippen LogP contribution in [0, 0.1) is 29.6 Å². The quantitative estimate of drug-likeness (QED) is 0.480. The number of hydrogen-bond donors (Lipinski definition) is 0. The van der Waals surface area contributed by atoms with Crippen molar-refractivity contribution in [2.45, 2.75) is 48.6 Å². The number of rotatable bonds is 4. The van der Waals surface area contributed by atoms with Gasteiger partial charge in [-0.2, -0.15) is 5.06 Å². The Hall–Kier alpha value is -0.0400. The fourth-order valence-electron chi connectivity index (χ4n) is 5.77. The van der Waals surface area contributed by atoms with E-state index in [1.165, 1.54) is 0 Å². The van der Waals surface area contributed by atoms with Crippen molar-refractivity contribution in [2.75, 3.05) is 6.61 Å². The normalized spacial score (nSPS) is 49.8. The van der Waals surface area contributed by atoms with Crippen molar-refractivity contribution in [3.63, 3.8) is 0 Å². The van der Waals surface area contributed by atoms with E-state index in [2.05, 4.69) is 13.8 Å². The zero-order valence-corrected chi connectivity index (χ0v) is 17.8. The van der Waals surface area contributed by atoms with E-state index in [0.29, 0.717) is 29.0 Å². The smallest absolute Gasteiger partial charge is 0.260 e. The summed E-state index contributed by atoms with van der Waals surface area (Å²) in [5.74, 6) is -1.97. The Morgan fingerprint density at radius 2 is 1.56 bits per heavy atom. The Morgan fingerprint density at radius 1 is 1.07 bits per heavy atom. The van der Waals surface area contributed by atoms with Gasteiger partial charge in [0.15, 0.2) is 0 Å². The summed E-state index contributed by atoms with van der Waals surface area (Å²) in [6, 6.07) is 0. The highest BCUT2D eigenvalue weighted by molar-refractivity contribution is 6.51. The van der Waals surface area contributed by atoms with Gasteiger partial charge >= 0.3 is 0 Å². The van der Waals surface area contributed by atoms with E-state index < -0.39 is 33.8 Å². The minimum absolute atomic E-state index is 0.245. The third-order valence-electron chi connectivity index (χ3n) is 6.88. The van der Waals surface area contributed by atoms with Crippen molar-refractivity contribution in [2.24, 2.45) is 29.6 Å². The van der Waals surface area contributed by atoms with Gasteiger partial charge in [-0.3, -0.25) is 14.4 Å². The van der Waals surface area contributed by atoms with E-state index >= 15 is 0 Å². The molecule has 8 atom stereocenters. The number of alkyl halides is 2. The largest absolute Gasteiger partial charge is 0.373 e. The van der Waals surface area contributed by atoms with Crippen LogP contribution in [0.4, 0.5) is 0 Å². The van der Waals surface area contributed by atoms with E-state index in [-0.39, 0.29) is 23.7 Å². The van der Waals surface area contributed by atoms with Crippen molar-refractivity contribution < 1.29 is 19.2 Å². The van der Waals surface area contributed by atoms with Crippen LogP contribution in [-0.2, 0) is 19.2 Å². The van der Waals surface area contributed by atoms with Gasteiger partial charge in [0.05, 0.1) is 50.5 Å². The Bertz CT molecular complexity index is 733. The Kier molecular flexibility index (Phi) is 4.05. The molecule has 2 amide bonds. The maximum absolute atomic E-state index is 12.9. The predicted octanol–water partition coefficient (Wildman–Crippen LogP) is 3.64. The van der Waals surface area contributed by atoms with E-state index in [0.717, 1.165) is 11.5 Å². The third kappa shape index (κ3) is 2.11. The molecule has 0 aromatic heterocycles. The minimum Gasteiger partial charge on any atom is -0.373 e. The van der Waals surface area contributed by atoms with E-state index in [4.69, 9.17) is 56.0 Å². The highest BCUT2D eigenvalue weighted by Gasteiger charge is 2.82. The van der Waals surface area contributed by atoms with Gasteiger partial charge < -0.3 is 4.74 Å². The Balaban J connectivity index is 1.46. The summed E-state index contributed by atoms with van der Waals surface area (Å²) in [7, 11) is 0. The summed E-state index contributed by atoms with van der Waals surface area (Å²) in [6.07, 6.45) is 0.141. The number of halogens is 4. The van der Waals surface area contributed by atoms with E-state index in [1.807, 2.05) is 0 Å². The second-order valence-electron chi connectivity index (χ2n) is 8.68. The molecule has 5 rings (SSSR count). The number of imide groups is 1. The molecule has 0 aromatic carbocycles. The van der Waals surface area contributed by atoms with Crippen molar-refractivity contribution in [1.29, 1.82) is 0 Å². The fourth-order valence-corrected chi connectivity index (χ4v) is 7.79. The average Bonchev–Trinajstić information content (AvgIpc) is 3.32. The van der Waals surface area contributed by atoms with Gasteiger partial charge in [-0.25, -0.2) is 0 Å². The van der Waals surface area contributed by atoms with Crippen LogP contribution in [0.2, 0.25) is 0 Å². The molecule has 1 saturated carbocycles. The average molecular weight is 455 g/mol. The molecule has 3 saturated heterocycles. The number of fused-ring (bicyclic) bond motifs is 12. The Labute approximate surface area is 177 Å². The van der Waals surface area contributed by atoms with Gasteiger partial charge in [0.1, 0.15) is 0 Å². The van der Waals surface area contributed by atoms with Crippen LogP contribution in [0.5, 0.6) is 0 Å². The Morgan fingerprint density at radius 3 is 2.00 bits per heavy atom. The van der Waals surface area contributed by atoms with Crippen molar-refractivity contribution in [3.8, 4) is 0 Å². The second-order valence-corrected chi connectivity index (χ2v) is 10.8. The fraction of sp³-hybridized carbons (Fsp3) is 0.778. The van der Waals surface area contributed by atoms with Gasteiger partial charge in [-0.1, -0.05) is 37.0 Å². The first-order valence-electron chi connectivity index (χ1n) is 9.23. The molecule has 4 fully saturated rings. The van der Waals surface area contributed by atoms with E-state index in [1.54, 1.807) is 0 Å². The van der Waals surface area contributed by atoms with Crippen LogP contribution in [0.3, 0.4) is 0 Å². The van der Waals surface area contributed by atoms with Crippen LogP contribution >= 0.6 is 46.4 Å². The molecule has 3 aliphatic heterocycles. The molecule has 3 heterocycles. The molecule has 9 heteroatoms. The number of hydrogen-bond acceptors (Lipinski definition) is 4. The summed E-state index contributed by atoms with van der Waals surface area (Å²) in [5, 5.41) is 1.62. The summed E-state index contributed by atoms with van der Waals surface area (Å²) >= 11 is 26.6. The topological polar surface area (TPSA) is 55.8 Å². The number of allylic oxidation sites excluding steroid dienone is 2. The molecule has 4 bridgehead atoms. The lowest BCUT2D eigenvalue weighted by Gasteiger charge is -2.40. The minimum atomic E-state index is -0.940. The van der Waals surface area contributed by atoms with Crippen LogP contribution in [0.15, 0.2) is 10.1 Å². The first kappa shape index (κ1) is 19.0. The predicted molar refractivity (Wildman–Crippen MR) is 100 cm³/mol. The molecule has 0 radical (unpaired) electrons. The molecule has 27 heavy (non-hydrogen) atoms. The van der Waals surface area contributed by atoms with Gasteiger partial charge in [0.2, 0.25) is 0 Å². The molecule has 0 spiro atoms. The first-order chi connectivity index (χ1) is 12.6. The van der Waals surface area contributed by atoms with Gasteiger partial charge in [-0.05, 0) is 18.8 Å². The number of hydroxylamine groups is 2. The number of amides is 2. The molecular formula is C18H19Cl4NO4. The van der Waals surface area contributed by atoms with Gasteiger partial charge in [0.25, 0.3) is 11.8 Å². The lowest BCUT2D eigenvalue weighted by atomic mass is 9.65. The van der Waals surface area contributed by atoms with Crippen molar-refractivity contribution >= 4 is 58.2 Å². The zero-order valence-electron chi connectivity index (χ0n) is 14.8. The molecule has 5 nitrogen and oxygen atoms in total. The molecular weight excluding hydrogens is 436 g/mol. The highest BCUT2D eigenvalue weighted by Crippen LogP contribution is 2.75. The lowest BCUT2D eigenvalue weighted by molar-refractivity contribution is -0.193. The number of carbonyl (C=O) groups excluding carboxylic acids is 2. The summed E-state index contributed by atoms with van der Waals surface area (Å²) in [5.41, 5.74) is 0. The second kappa shape index (κ2) is 5.77. The van der Waals surface area contributed by atoms with Gasteiger partial charge in [-0.15, -0.1) is 23.2 Å². The summed E-state index contributed by atoms with van der Waals surface area (Å²) in [6.45, 7) is 4.42. The molecule has 0 N–H and O–H groups in total. The first-order valence-corrected chi connectivity index (χ1v) is 10.7. The summed E-state index contributed by atoms with van der Waals surface area (Å²) in [4.78, 5) is 29.5. The van der Waals surface area contributed by atoms with Crippen LogP contribution < -0.4 is 0 Å². The molecule has 2 aliphatic carbocycles. The molecule has 0 aromatic rings. The van der Waals surface area contributed by atoms with Crippen molar-refractivity contribution in [3.05, 3.63) is 10.1 Å². The summed E-state index contributed by atoms with van der Waals surface area (Å²) < 4.78 is 6.11. The molecule has 148 valence electrons. The number of ether oxygens (including phenoxy) is 1. The number of carbonyl (C=O) groups is 2. The molecule has 5 aliphatic rings. The third-order valence-corrected chi connectivity index (χ3v) is 9.38. The maximum Gasteiger partial charge on any atom is 0.260 e. The van der Waals surface area contributed by atoms with Crippen LogP contribution in [0.1, 0.15) is 26.7 Å². The SMILES string of the molecule is CC(C)CCON1C(=O)[C@@H]2[C@H]3O[C@@H]([C@@H]2C1=O)[C@H]1[C@H]3[C@@]2(Cl)C[C@@]1(Cl)C(Cl)=C2Cl. The number of nitrogens with zero attached hydrogens (tertiary/aromatic N) is 1. The van der Waals surface area contributed by atoms with Crippen molar-refractivity contribution in [1.82, 2.24) is 5.06 Å². The zero-order chi connectivity index (χ0) is 19.5. The van der Waals surface area contributed by atoms with Gasteiger partial charge in [0, 0.05) is 11.8 Å². The monoisotopic (exact) mass is 453 g/mol. The maximum atomic E-state index is 12.9. The van der Waals surface area contributed by atoms with E-state index in [9.17, 15) is 9.59 Å². The highest BCUT2D eigenvalue weighted by atomic mass is 35.5. The molecule has 0 unspecified atom stereocenters. The lowest BCUT2D eigenvalue weighted by Crippen LogP contribution is -2.50.